The van der Waals surface area contributed by atoms with Crippen molar-refractivity contribution in [1.82, 2.24) is 4.98 Å². The third kappa shape index (κ3) is 6.76. The van der Waals surface area contributed by atoms with E-state index < -0.39 is 35.2 Å². The van der Waals surface area contributed by atoms with Gasteiger partial charge in [-0.1, -0.05) is 6.07 Å². The number of aryl methyl sites for hydroxylation is 2. The van der Waals surface area contributed by atoms with Crippen LogP contribution in [0.15, 0.2) is 51.8 Å². The molecule has 3 aromatic rings. The predicted octanol–water partition coefficient (Wildman–Crippen LogP) is 4.00. The maximum Gasteiger partial charge on any atom is 0.411 e. The molecule has 0 spiro atoms. The zero-order chi connectivity index (χ0) is 24.2. The standard InChI is InChI=1S/C21H20F4N2O5S/c1-30-17-8-2-13(10-18(17)33(26,28)29)3-9-19-27-16(11-31-12-21(23,24)25)20(32-19)14-4-6-15(22)7-5-14/h2,4-8,10H,3,9,11-12H2,1H3,(H2,26,28,29). The number of sulfonamides is 1. The molecule has 1 heterocycles. The first-order chi connectivity index (χ1) is 15.5. The Hall–Kier alpha value is -2.96. The summed E-state index contributed by atoms with van der Waals surface area (Å²) in [6.07, 6.45) is -4.01. The summed E-state index contributed by atoms with van der Waals surface area (Å²) >= 11 is 0. The Kier molecular flexibility index (Phi) is 7.40. The minimum atomic E-state index is -4.50. The van der Waals surface area contributed by atoms with E-state index in [9.17, 15) is 26.0 Å². The number of halogens is 4. The number of methoxy groups -OCH3 is 1. The molecule has 7 nitrogen and oxygen atoms in total. The Bertz CT molecular complexity index is 1210. The highest BCUT2D eigenvalue weighted by atomic mass is 32.2. The number of primary sulfonamides is 1. The van der Waals surface area contributed by atoms with Crippen molar-refractivity contribution in [3.05, 3.63) is 65.4 Å². The van der Waals surface area contributed by atoms with Gasteiger partial charge in [-0.3, -0.25) is 0 Å². The maximum absolute atomic E-state index is 13.3. The minimum Gasteiger partial charge on any atom is -0.495 e. The van der Waals surface area contributed by atoms with E-state index in [0.29, 0.717) is 17.5 Å². The number of benzene rings is 2. The Morgan fingerprint density at radius 3 is 2.39 bits per heavy atom. The molecule has 0 amide bonds. The minimum absolute atomic E-state index is 0.0973. The summed E-state index contributed by atoms with van der Waals surface area (Å²) in [6, 6.07) is 9.67. The van der Waals surface area contributed by atoms with Crippen LogP contribution in [0, 0.1) is 5.82 Å². The van der Waals surface area contributed by atoms with E-state index in [-0.39, 0.29) is 34.4 Å². The molecule has 0 fully saturated rings. The van der Waals surface area contributed by atoms with Crippen LogP contribution in [0.25, 0.3) is 11.3 Å². The summed E-state index contributed by atoms with van der Waals surface area (Å²) in [5.41, 5.74) is 1.14. The van der Waals surface area contributed by atoms with E-state index in [4.69, 9.17) is 19.0 Å². The molecule has 33 heavy (non-hydrogen) atoms. The van der Waals surface area contributed by atoms with E-state index in [1.807, 2.05) is 0 Å². The van der Waals surface area contributed by atoms with Gasteiger partial charge >= 0.3 is 6.18 Å². The van der Waals surface area contributed by atoms with Crippen LogP contribution in [-0.4, -0.2) is 33.3 Å². The van der Waals surface area contributed by atoms with Gasteiger partial charge in [0.25, 0.3) is 0 Å². The van der Waals surface area contributed by atoms with Gasteiger partial charge in [0.15, 0.2) is 11.7 Å². The van der Waals surface area contributed by atoms with Gasteiger partial charge < -0.3 is 13.9 Å². The van der Waals surface area contributed by atoms with E-state index in [1.165, 1.54) is 43.5 Å². The second-order valence-corrected chi connectivity index (χ2v) is 8.56. The van der Waals surface area contributed by atoms with Crippen LogP contribution < -0.4 is 9.88 Å². The lowest BCUT2D eigenvalue weighted by atomic mass is 10.1. The van der Waals surface area contributed by atoms with Crippen LogP contribution in [0.5, 0.6) is 5.75 Å². The maximum atomic E-state index is 13.3. The van der Waals surface area contributed by atoms with Gasteiger partial charge in [0, 0.05) is 12.0 Å². The second-order valence-electron chi connectivity index (χ2n) is 7.03. The molecule has 178 valence electrons. The van der Waals surface area contributed by atoms with E-state index >= 15 is 0 Å². The fourth-order valence-electron chi connectivity index (χ4n) is 3.05. The number of rotatable bonds is 9. The average Bonchev–Trinajstić information content (AvgIpc) is 3.14. The van der Waals surface area contributed by atoms with Gasteiger partial charge in [-0.25, -0.2) is 22.9 Å². The van der Waals surface area contributed by atoms with Crippen LogP contribution in [-0.2, 0) is 34.2 Å². The molecule has 12 heteroatoms. The number of hydrogen-bond donors (Lipinski definition) is 1. The van der Waals surface area contributed by atoms with Gasteiger partial charge in [0.1, 0.15) is 28.8 Å². The van der Waals surface area contributed by atoms with E-state index in [0.717, 1.165) is 0 Å². The zero-order valence-electron chi connectivity index (χ0n) is 17.4. The van der Waals surface area contributed by atoms with Gasteiger partial charge in [-0.2, -0.15) is 13.2 Å². The molecule has 0 saturated carbocycles. The first-order valence-electron chi connectivity index (χ1n) is 9.55. The predicted molar refractivity (Wildman–Crippen MR) is 109 cm³/mol. The van der Waals surface area contributed by atoms with Gasteiger partial charge in [0.2, 0.25) is 10.0 Å². The number of hydrogen-bond acceptors (Lipinski definition) is 6. The fraction of sp³-hybridized carbons (Fsp3) is 0.286. The van der Waals surface area contributed by atoms with Crippen molar-refractivity contribution >= 4 is 10.0 Å². The Morgan fingerprint density at radius 2 is 1.79 bits per heavy atom. The number of aromatic nitrogens is 1. The van der Waals surface area contributed by atoms with E-state index in [2.05, 4.69) is 4.98 Å². The molecule has 2 N–H and O–H groups in total. The summed E-state index contributed by atoms with van der Waals surface area (Å²) in [5, 5.41) is 5.23. The fourth-order valence-corrected chi connectivity index (χ4v) is 3.79. The molecule has 0 aliphatic heterocycles. The molecule has 3 rings (SSSR count). The highest BCUT2D eigenvalue weighted by Crippen LogP contribution is 2.28. The van der Waals surface area contributed by atoms with E-state index in [1.54, 1.807) is 6.07 Å². The summed E-state index contributed by atoms with van der Waals surface area (Å²) < 4.78 is 89.6. The lowest BCUT2D eigenvalue weighted by Crippen LogP contribution is -2.16. The number of ether oxygens (including phenoxy) is 2. The van der Waals surface area contributed by atoms with Crippen molar-refractivity contribution in [2.45, 2.75) is 30.5 Å². The smallest absolute Gasteiger partial charge is 0.411 e. The van der Waals surface area contributed by atoms with Crippen LogP contribution in [0.3, 0.4) is 0 Å². The average molecular weight is 488 g/mol. The van der Waals surface area contributed by atoms with Gasteiger partial charge in [-0.15, -0.1) is 0 Å². The third-order valence-corrected chi connectivity index (χ3v) is 5.45. The summed E-state index contributed by atoms with van der Waals surface area (Å²) in [6.45, 7) is -1.92. The largest absolute Gasteiger partial charge is 0.495 e. The van der Waals surface area contributed by atoms with Gasteiger partial charge in [0.05, 0.1) is 13.7 Å². The van der Waals surface area contributed by atoms with Crippen molar-refractivity contribution in [2.24, 2.45) is 5.14 Å². The molecule has 0 bridgehead atoms. The number of nitrogens with two attached hydrogens (primary N) is 1. The first kappa shape index (κ1) is 24.7. The molecular weight excluding hydrogens is 468 g/mol. The third-order valence-electron chi connectivity index (χ3n) is 4.51. The van der Waals surface area contributed by atoms with Crippen molar-refractivity contribution in [1.29, 1.82) is 0 Å². The molecule has 0 saturated heterocycles. The summed E-state index contributed by atoms with van der Waals surface area (Å²) in [5.74, 6) is -0.0429. The second kappa shape index (κ2) is 9.89. The van der Waals surface area contributed by atoms with Gasteiger partial charge in [-0.05, 0) is 48.4 Å². The van der Waals surface area contributed by atoms with Crippen molar-refractivity contribution in [3.8, 4) is 17.1 Å². The SMILES string of the molecule is COc1ccc(CCc2nc(COCC(F)(F)F)c(-c3ccc(F)cc3)o2)cc1S(N)(=O)=O. The van der Waals surface area contributed by atoms with Crippen molar-refractivity contribution in [3.63, 3.8) is 0 Å². The highest BCUT2D eigenvalue weighted by Gasteiger charge is 2.28. The number of nitrogens with zero attached hydrogens (tertiary/aromatic N) is 1. The lowest BCUT2D eigenvalue weighted by molar-refractivity contribution is -0.176. The normalized spacial score (nSPS) is 12.2. The van der Waals surface area contributed by atoms with Crippen molar-refractivity contribution in [2.75, 3.05) is 13.7 Å². The van der Waals surface area contributed by atoms with Crippen LogP contribution in [0.1, 0.15) is 17.1 Å². The zero-order valence-corrected chi connectivity index (χ0v) is 18.2. The Balaban J connectivity index is 1.83. The Morgan fingerprint density at radius 1 is 1.09 bits per heavy atom. The van der Waals surface area contributed by atoms with Crippen LogP contribution in [0.4, 0.5) is 17.6 Å². The topological polar surface area (TPSA) is 105 Å². The quantitative estimate of drug-likeness (QED) is 0.457. The van der Waals surface area contributed by atoms with Crippen molar-refractivity contribution < 1.29 is 39.9 Å². The summed E-state index contributed by atoms with van der Waals surface area (Å²) in [7, 11) is -2.70. The monoisotopic (exact) mass is 488 g/mol. The van der Waals surface area contributed by atoms with Crippen LogP contribution >= 0.6 is 0 Å². The molecule has 2 aromatic carbocycles. The molecule has 0 unspecified atom stereocenters. The Labute approximate surface area is 187 Å². The van der Waals surface area contributed by atoms with Crippen LogP contribution in [0.2, 0.25) is 0 Å². The molecule has 1 aromatic heterocycles. The molecule has 0 aliphatic carbocycles. The number of oxazole rings is 1. The molecular formula is C21H20F4N2O5S. The molecule has 0 atom stereocenters. The first-order valence-corrected chi connectivity index (χ1v) is 11.1. The summed E-state index contributed by atoms with van der Waals surface area (Å²) in [4.78, 5) is 4.05. The number of alkyl halides is 3. The lowest BCUT2D eigenvalue weighted by Gasteiger charge is -2.08. The molecule has 0 aliphatic rings. The highest BCUT2D eigenvalue weighted by molar-refractivity contribution is 7.89. The molecule has 0 radical (unpaired) electrons.